The lowest BCUT2D eigenvalue weighted by Gasteiger charge is -2.57. The number of carbonyl (C=O) groups is 1. The van der Waals surface area contributed by atoms with Gasteiger partial charge in [0.15, 0.2) is 41.1 Å². The molecule has 1 fully saturated rings. The first-order chi connectivity index (χ1) is 31.2. The molecule has 65 heavy (non-hydrogen) atoms. The number of nitrogens with two attached hydrogens (primary N) is 1. The van der Waals surface area contributed by atoms with E-state index < -0.39 is 89.5 Å². The molecule has 342 valence electrons. The van der Waals surface area contributed by atoms with Crippen molar-refractivity contribution in [1.82, 2.24) is 0 Å². The number of unbranched alkanes of at least 4 members (excludes halogenated alkanes) is 2. The van der Waals surface area contributed by atoms with E-state index in [1.807, 2.05) is 6.92 Å². The minimum atomic E-state index is -2.66. The Labute approximate surface area is 371 Å². The Morgan fingerprint density at radius 3 is 2.51 bits per heavy atom. The van der Waals surface area contributed by atoms with E-state index in [9.17, 15) is 50.8 Å². The predicted molar refractivity (Wildman–Crippen MR) is 231 cm³/mol. The number of amidine groups is 1. The Morgan fingerprint density at radius 2 is 1.85 bits per heavy atom. The zero-order valence-electron chi connectivity index (χ0n) is 35.0. The third-order valence-corrected chi connectivity index (χ3v) is 11.9. The second-order valence-corrected chi connectivity index (χ2v) is 16.3. The molecule has 4 aliphatic heterocycles. The lowest BCUT2D eigenvalue weighted by Crippen LogP contribution is -2.79. The van der Waals surface area contributed by atoms with E-state index in [0.717, 1.165) is 12.8 Å². The van der Waals surface area contributed by atoms with Crippen LogP contribution in [0.5, 0.6) is 34.5 Å². The molecular formula is C46H49N4O15+. The molecule has 0 radical (unpaired) electrons. The van der Waals surface area contributed by atoms with Crippen molar-refractivity contribution >= 4 is 35.3 Å². The highest BCUT2D eigenvalue weighted by Gasteiger charge is 2.71. The van der Waals surface area contributed by atoms with Crippen molar-refractivity contribution in [1.29, 1.82) is 0 Å². The Balaban J connectivity index is 1.14. The normalized spacial score (nSPS) is 27.4. The smallest absolute Gasteiger partial charge is 0.336 e. The molecule has 4 heterocycles. The fraction of sp³-hybridized carbons (Fsp3) is 0.370. The molecule has 19 heteroatoms. The van der Waals surface area contributed by atoms with E-state index in [4.69, 9.17) is 29.1 Å². The number of ether oxygens (including phenoxy) is 5. The summed E-state index contributed by atoms with van der Waals surface area (Å²) in [6, 6.07) is 13.6. The molecule has 3 aromatic rings. The second kappa shape index (κ2) is 18.1. The maximum absolute atomic E-state index is 13.0. The summed E-state index contributed by atoms with van der Waals surface area (Å²) in [5.74, 6) is -4.61. The minimum Gasteiger partial charge on any atom is -0.508 e. The number of rotatable bonds is 17. The van der Waals surface area contributed by atoms with Crippen LogP contribution >= 0.6 is 0 Å². The highest BCUT2D eigenvalue weighted by molar-refractivity contribution is 6.15. The van der Waals surface area contributed by atoms with Gasteiger partial charge in [-0.15, -0.1) is 0 Å². The molecule has 11 N–H and O–H groups in total. The molecule has 0 aromatic heterocycles. The molecule has 0 amide bonds. The largest absolute Gasteiger partial charge is 0.508 e. The van der Waals surface area contributed by atoms with Crippen LogP contribution in [0.25, 0.3) is 5.76 Å². The summed E-state index contributed by atoms with van der Waals surface area (Å²) in [6.07, 6.45) is -0.534. The Kier molecular flexibility index (Phi) is 12.5. The Bertz CT molecular complexity index is 2540. The molecular weight excluding hydrogens is 849 g/mol. The van der Waals surface area contributed by atoms with Gasteiger partial charge in [0.05, 0.1) is 24.8 Å². The summed E-state index contributed by atoms with van der Waals surface area (Å²) >= 11 is 0. The molecule has 5 aliphatic rings. The standard InChI is InChI=1S/C46H48N4O15/c1-2-3-4-7-25-18-45(59)43(58)46(60,37(25)29-19-48-22-49-29)41(42(56)57)65-44(45)64-33-17-32-36(39(55)40(33)61-21-23-6-5-8-26(52)15-23)30(53)16-31(63-32)24-9-11-27(12-10-24)62-34(20-51)38(54)28-13-14-35(47)50-28/h5-6,8-18,22,31,34,37-38,41,43-44,47,51-55,58-60H,2-4,7,19-21H2,1H3,(H,56,57)/p+1. The highest BCUT2D eigenvalue weighted by Crippen LogP contribution is 2.54. The van der Waals surface area contributed by atoms with Crippen LogP contribution in [0.4, 0.5) is 0 Å². The maximum Gasteiger partial charge on any atom is 0.336 e. The average Bonchev–Trinajstić information content (AvgIpc) is 3.97. The number of carboxylic acid groups (broad SMARTS) is 1. The number of phenolic OH excluding ortho intramolecular Hbond substituents is 2. The van der Waals surface area contributed by atoms with Gasteiger partial charge < -0.3 is 69.6 Å². The van der Waals surface area contributed by atoms with Crippen LogP contribution in [-0.4, -0.2) is 131 Å². The van der Waals surface area contributed by atoms with Gasteiger partial charge in [-0.1, -0.05) is 49.6 Å². The Hall–Kier alpha value is -6.61. The molecule has 19 nitrogen and oxygen atoms in total. The van der Waals surface area contributed by atoms with E-state index in [2.05, 4.69) is 15.0 Å². The molecule has 0 saturated carbocycles. The summed E-state index contributed by atoms with van der Waals surface area (Å²) in [5.41, 5.74) is -3.69. The number of aliphatic hydroxyl groups is 6. The predicted octanol–water partition coefficient (Wildman–Crippen LogP) is 1.61. The third kappa shape index (κ3) is 8.45. The summed E-state index contributed by atoms with van der Waals surface area (Å²) in [6.45, 7) is 1.17. The number of fused-ring (bicyclic) bond motifs is 3. The SMILES string of the molecule is CCCCCC1=CC2(O)C(Oc3cc4c(c(O)c3OCc3cccc(O)c3)C(O)=CC(c3ccc(OC(CO)C(O)C5=NC(=[NH2+])C=C5)cc3)O4)OC(C(=O)O)C(O)(C1C1=NC=NC1)C2O. The highest BCUT2D eigenvalue weighted by atomic mass is 16.7. The number of carboxylic acids is 1. The van der Waals surface area contributed by atoms with E-state index in [1.54, 1.807) is 36.4 Å². The summed E-state index contributed by atoms with van der Waals surface area (Å²) < 4.78 is 30.4. The van der Waals surface area contributed by atoms with Crippen LogP contribution in [0.3, 0.4) is 0 Å². The van der Waals surface area contributed by atoms with Gasteiger partial charge in [-0.05, 0) is 65.4 Å². The van der Waals surface area contributed by atoms with Crippen LogP contribution in [0.15, 0.2) is 99.5 Å². The van der Waals surface area contributed by atoms with Crippen LogP contribution in [0.2, 0.25) is 0 Å². The molecule has 8 rings (SSSR count). The van der Waals surface area contributed by atoms with Gasteiger partial charge in [-0.3, -0.25) is 10.4 Å². The van der Waals surface area contributed by atoms with Crippen molar-refractivity contribution in [3.8, 4) is 34.5 Å². The van der Waals surface area contributed by atoms with Crippen molar-refractivity contribution < 1.29 is 79.8 Å². The van der Waals surface area contributed by atoms with E-state index in [0.29, 0.717) is 23.1 Å². The number of hydrogen-bond donors (Lipinski definition) is 10. The van der Waals surface area contributed by atoms with E-state index in [1.165, 1.54) is 48.8 Å². The molecule has 9 unspecified atom stereocenters. The van der Waals surface area contributed by atoms with Gasteiger partial charge in [0.1, 0.15) is 59.3 Å². The number of aliphatic hydroxyl groups excluding tert-OH is 4. The van der Waals surface area contributed by atoms with Gasteiger partial charge in [0, 0.05) is 18.2 Å². The first kappa shape index (κ1) is 45.0. The quantitative estimate of drug-likeness (QED) is 0.0680. The van der Waals surface area contributed by atoms with E-state index >= 15 is 0 Å². The Morgan fingerprint density at radius 1 is 1.06 bits per heavy atom. The molecule has 1 saturated heterocycles. The molecule has 1 aliphatic carbocycles. The number of phenols is 2. The lowest BCUT2D eigenvalue weighted by atomic mass is 9.60. The van der Waals surface area contributed by atoms with E-state index in [-0.39, 0.29) is 59.6 Å². The van der Waals surface area contributed by atoms with Crippen LogP contribution in [0, 0.1) is 5.92 Å². The van der Waals surface area contributed by atoms with Crippen molar-refractivity contribution in [2.24, 2.45) is 20.9 Å². The van der Waals surface area contributed by atoms with Crippen LogP contribution in [0.1, 0.15) is 55.4 Å². The van der Waals surface area contributed by atoms with Crippen LogP contribution in [-0.2, 0) is 16.1 Å². The van der Waals surface area contributed by atoms with Crippen LogP contribution < -0.4 is 24.4 Å². The van der Waals surface area contributed by atoms with Crippen molar-refractivity contribution in [2.75, 3.05) is 13.2 Å². The second-order valence-electron chi connectivity index (χ2n) is 16.3. The molecule has 0 spiro atoms. The van der Waals surface area contributed by atoms with Gasteiger partial charge >= 0.3 is 11.8 Å². The summed E-state index contributed by atoms with van der Waals surface area (Å²) in [4.78, 5) is 25.4. The number of hydrogen-bond acceptors (Lipinski definition) is 16. The van der Waals surface area contributed by atoms with Gasteiger partial charge in [-0.2, -0.15) is 0 Å². The number of aliphatic imine (C=N–C) groups is 3. The first-order valence-corrected chi connectivity index (χ1v) is 20.9. The van der Waals surface area contributed by atoms with Gasteiger partial charge in [0.25, 0.3) is 0 Å². The van der Waals surface area contributed by atoms with Gasteiger partial charge in [-0.25, -0.2) is 9.79 Å². The first-order valence-electron chi connectivity index (χ1n) is 20.9. The number of aromatic hydroxyl groups is 2. The zero-order chi connectivity index (χ0) is 46.2. The van der Waals surface area contributed by atoms with Crippen molar-refractivity contribution in [2.45, 2.75) is 87.2 Å². The fourth-order valence-corrected chi connectivity index (χ4v) is 8.74. The molecule has 3 aromatic carbocycles. The fourth-order valence-electron chi connectivity index (χ4n) is 8.74. The number of aliphatic carboxylic acids is 1. The van der Waals surface area contributed by atoms with Crippen molar-refractivity contribution in [3.63, 3.8) is 0 Å². The summed E-state index contributed by atoms with van der Waals surface area (Å²) in [7, 11) is 0. The number of nitrogens with zero attached hydrogens (tertiary/aromatic N) is 3. The van der Waals surface area contributed by atoms with Crippen molar-refractivity contribution in [3.05, 3.63) is 101 Å². The maximum atomic E-state index is 13.0. The molecule has 9 atom stereocenters. The number of benzene rings is 3. The zero-order valence-corrected chi connectivity index (χ0v) is 35.0. The molecule has 2 bridgehead atoms. The average molecular weight is 898 g/mol. The summed E-state index contributed by atoms with van der Waals surface area (Å²) in [5, 5.41) is 107. The minimum absolute atomic E-state index is 0.0160. The monoisotopic (exact) mass is 897 g/mol. The lowest BCUT2D eigenvalue weighted by molar-refractivity contribution is -0.338. The van der Waals surface area contributed by atoms with Gasteiger partial charge in [0.2, 0.25) is 12.0 Å². The topological polar surface area (TPSA) is 308 Å². The third-order valence-electron chi connectivity index (χ3n) is 11.9.